The minimum Gasteiger partial charge on any atom is -0.444 e. The molecule has 3 fully saturated rings. The van der Waals surface area contributed by atoms with E-state index in [1.165, 1.54) is 0 Å². The Morgan fingerprint density at radius 2 is 2.00 bits per heavy atom. The zero-order chi connectivity index (χ0) is 14.4. The third-order valence-corrected chi connectivity index (χ3v) is 3.85. The molecule has 0 unspecified atom stereocenters. The Balaban J connectivity index is 1.65. The first-order valence-electron chi connectivity index (χ1n) is 6.88. The summed E-state index contributed by atoms with van der Waals surface area (Å²) in [5, 5.41) is 2.97. The van der Waals surface area contributed by atoms with Crippen LogP contribution < -0.4 is 5.32 Å². The highest BCUT2D eigenvalue weighted by Gasteiger charge is 2.64. The maximum absolute atomic E-state index is 11.9. The molecule has 5 nitrogen and oxygen atoms in total. The minimum absolute atomic E-state index is 0.252. The van der Waals surface area contributed by atoms with Crippen LogP contribution in [0.15, 0.2) is 24.5 Å². The van der Waals surface area contributed by atoms with Gasteiger partial charge in [-0.25, -0.2) is 4.79 Å². The van der Waals surface area contributed by atoms with Crippen molar-refractivity contribution >= 4 is 6.09 Å². The van der Waals surface area contributed by atoms with Gasteiger partial charge in [0, 0.05) is 25.2 Å². The molecule has 20 heavy (non-hydrogen) atoms. The molecule has 2 saturated heterocycles. The first-order chi connectivity index (χ1) is 9.33. The fourth-order valence-corrected chi connectivity index (χ4v) is 3.11. The number of fused-ring (bicyclic) bond motifs is 1. The predicted octanol–water partition coefficient (Wildman–Crippen LogP) is 2.36. The van der Waals surface area contributed by atoms with E-state index in [-0.39, 0.29) is 17.2 Å². The van der Waals surface area contributed by atoms with Gasteiger partial charge in [0.1, 0.15) is 5.60 Å². The lowest BCUT2D eigenvalue weighted by Gasteiger charge is -2.45. The fraction of sp³-hybridized carbons (Fsp3) is 0.600. The van der Waals surface area contributed by atoms with Crippen molar-refractivity contribution < 1.29 is 14.3 Å². The highest BCUT2D eigenvalue weighted by molar-refractivity contribution is 5.69. The third-order valence-electron chi connectivity index (χ3n) is 3.85. The monoisotopic (exact) mass is 276 g/mol. The molecule has 1 aromatic rings. The molecule has 3 aliphatic rings. The molecule has 108 valence electrons. The number of rotatable bonds is 2. The smallest absolute Gasteiger partial charge is 0.408 e. The normalized spacial score (nSPS) is 31.6. The zero-order valence-corrected chi connectivity index (χ0v) is 12.1. The Morgan fingerprint density at radius 3 is 2.60 bits per heavy atom. The molecule has 1 amide bonds. The van der Waals surface area contributed by atoms with Crippen molar-refractivity contribution in [3.63, 3.8) is 0 Å². The average molecular weight is 276 g/mol. The number of carbonyl (C=O) groups excluding carboxylic acids is 1. The molecular weight excluding hydrogens is 256 g/mol. The third kappa shape index (κ3) is 2.26. The molecule has 3 heterocycles. The summed E-state index contributed by atoms with van der Waals surface area (Å²) in [6.07, 6.45) is 4.76. The van der Waals surface area contributed by atoms with E-state index < -0.39 is 5.60 Å². The molecule has 4 rings (SSSR count). The Labute approximate surface area is 118 Å². The van der Waals surface area contributed by atoms with Crippen LogP contribution in [0.4, 0.5) is 4.79 Å². The van der Waals surface area contributed by atoms with Crippen LogP contribution in [0.25, 0.3) is 0 Å². The summed E-state index contributed by atoms with van der Waals surface area (Å²) < 4.78 is 11.2. The molecule has 5 heteroatoms. The highest BCUT2D eigenvalue weighted by Crippen LogP contribution is 2.57. The summed E-state index contributed by atoms with van der Waals surface area (Å²) in [6, 6.07) is 3.95. The van der Waals surface area contributed by atoms with Crippen LogP contribution in [0, 0.1) is 0 Å². The average Bonchev–Trinajstić information content (AvgIpc) is 2.83. The molecule has 0 radical (unpaired) electrons. The summed E-state index contributed by atoms with van der Waals surface area (Å²) in [7, 11) is 0. The molecule has 0 spiro atoms. The number of alkyl carbamates (subject to hydrolysis) is 1. The summed E-state index contributed by atoms with van der Waals surface area (Å²) >= 11 is 0. The van der Waals surface area contributed by atoms with Crippen molar-refractivity contribution in [3.05, 3.63) is 30.1 Å². The Kier molecular flexibility index (Phi) is 2.80. The van der Waals surface area contributed by atoms with Crippen LogP contribution in [0.1, 0.15) is 39.2 Å². The summed E-state index contributed by atoms with van der Waals surface area (Å²) in [5.41, 5.74) is 0.127. The molecule has 1 aliphatic carbocycles. The molecule has 2 aliphatic heterocycles. The van der Waals surface area contributed by atoms with Crippen molar-refractivity contribution in [2.45, 2.75) is 50.4 Å². The number of nitrogens with zero attached hydrogens (tertiary/aromatic N) is 1. The van der Waals surface area contributed by atoms with Crippen LogP contribution in [0.5, 0.6) is 0 Å². The Morgan fingerprint density at radius 1 is 1.35 bits per heavy atom. The Hall–Kier alpha value is -1.62. The number of aromatic nitrogens is 1. The topological polar surface area (TPSA) is 60.5 Å². The molecule has 0 aromatic carbocycles. The molecular formula is C15H20N2O3. The SMILES string of the molecule is CC(C)(C)OC(=O)NC12COC(c3ccncc3)(C1)C2. The summed E-state index contributed by atoms with van der Waals surface area (Å²) in [5.74, 6) is 0. The number of carbonyl (C=O) groups is 1. The minimum atomic E-state index is -0.480. The van der Waals surface area contributed by atoms with Crippen molar-refractivity contribution in [2.24, 2.45) is 0 Å². The maximum Gasteiger partial charge on any atom is 0.408 e. The zero-order valence-electron chi connectivity index (χ0n) is 12.1. The van der Waals surface area contributed by atoms with Gasteiger partial charge in [0.15, 0.2) is 0 Å². The van der Waals surface area contributed by atoms with Gasteiger partial charge in [0.05, 0.1) is 17.7 Å². The highest BCUT2D eigenvalue weighted by atomic mass is 16.6. The number of amides is 1. The molecule has 0 atom stereocenters. The number of pyridine rings is 1. The van der Waals surface area contributed by atoms with Gasteiger partial charge in [0.25, 0.3) is 0 Å². The molecule has 1 aromatic heterocycles. The van der Waals surface area contributed by atoms with Gasteiger partial charge in [-0.1, -0.05) is 0 Å². The van der Waals surface area contributed by atoms with E-state index in [0.29, 0.717) is 6.61 Å². The van der Waals surface area contributed by atoms with Crippen molar-refractivity contribution in [2.75, 3.05) is 6.61 Å². The van der Waals surface area contributed by atoms with Crippen LogP contribution in [-0.4, -0.2) is 28.8 Å². The fourth-order valence-electron chi connectivity index (χ4n) is 3.11. The van der Waals surface area contributed by atoms with Gasteiger partial charge in [-0.05, 0) is 38.5 Å². The lowest BCUT2D eigenvalue weighted by Crippen LogP contribution is -2.59. The van der Waals surface area contributed by atoms with Gasteiger partial charge in [-0.15, -0.1) is 0 Å². The van der Waals surface area contributed by atoms with Crippen molar-refractivity contribution in [1.82, 2.24) is 10.3 Å². The molecule has 1 saturated carbocycles. The lowest BCUT2D eigenvalue weighted by atomic mass is 9.65. The lowest BCUT2D eigenvalue weighted by molar-refractivity contribution is -0.0135. The largest absolute Gasteiger partial charge is 0.444 e. The van der Waals surface area contributed by atoms with Gasteiger partial charge >= 0.3 is 6.09 Å². The van der Waals surface area contributed by atoms with E-state index in [9.17, 15) is 4.79 Å². The Bertz CT molecular complexity index is 516. The molecule has 1 N–H and O–H groups in total. The second-order valence-electron chi connectivity index (χ2n) is 6.78. The standard InChI is InChI=1S/C15H20N2O3/c1-13(2,3)20-12(18)17-14-8-15(9-14,19-10-14)11-4-6-16-7-5-11/h4-7H,8-10H2,1-3H3,(H,17,18). The predicted molar refractivity (Wildman–Crippen MR) is 73.2 cm³/mol. The van der Waals surface area contributed by atoms with Crippen molar-refractivity contribution in [3.8, 4) is 0 Å². The summed E-state index contributed by atoms with van der Waals surface area (Å²) in [4.78, 5) is 15.9. The van der Waals surface area contributed by atoms with E-state index in [1.54, 1.807) is 12.4 Å². The van der Waals surface area contributed by atoms with Crippen LogP contribution in [0.2, 0.25) is 0 Å². The number of hydrogen-bond acceptors (Lipinski definition) is 4. The first kappa shape index (κ1) is 13.4. The van der Waals surface area contributed by atoms with E-state index in [1.807, 2.05) is 32.9 Å². The van der Waals surface area contributed by atoms with Gasteiger partial charge in [0.2, 0.25) is 0 Å². The number of nitrogens with one attached hydrogen (secondary N) is 1. The van der Waals surface area contributed by atoms with E-state index in [4.69, 9.17) is 9.47 Å². The quantitative estimate of drug-likeness (QED) is 0.901. The van der Waals surface area contributed by atoms with Gasteiger partial charge in [-0.2, -0.15) is 0 Å². The van der Waals surface area contributed by atoms with E-state index in [2.05, 4.69) is 10.3 Å². The van der Waals surface area contributed by atoms with Crippen LogP contribution >= 0.6 is 0 Å². The summed E-state index contributed by atoms with van der Waals surface area (Å²) in [6.45, 7) is 6.11. The second kappa shape index (κ2) is 4.19. The van der Waals surface area contributed by atoms with Gasteiger partial charge in [-0.3, -0.25) is 4.98 Å². The van der Waals surface area contributed by atoms with E-state index >= 15 is 0 Å². The number of ether oxygens (including phenoxy) is 2. The van der Waals surface area contributed by atoms with Gasteiger partial charge < -0.3 is 14.8 Å². The van der Waals surface area contributed by atoms with E-state index in [0.717, 1.165) is 18.4 Å². The van der Waals surface area contributed by atoms with Crippen LogP contribution in [-0.2, 0) is 15.1 Å². The second-order valence-corrected chi connectivity index (χ2v) is 6.78. The van der Waals surface area contributed by atoms with Crippen LogP contribution in [0.3, 0.4) is 0 Å². The molecule has 2 bridgehead atoms. The maximum atomic E-state index is 11.9. The number of hydrogen-bond donors (Lipinski definition) is 1. The van der Waals surface area contributed by atoms with Crippen molar-refractivity contribution in [1.29, 1.82) is 0 Å². The first-order valence-corrected chi connectivity index (χ1v) is 6.88.